The molecule has 0 bridgehead atoms. The van der Waals surface area contributed by atoms with Gasteiger partial charge >= 0.3 is 0 Å². The highest BCUT2D eigenvalue weighted by molar-refractivity contribution is 5.20. The Hall–Kier alpha value is -1.02. The molecule has 2 nitrogen and oxygen atoms in total. The van der Waals surface area contributed by atoms with Gasteiger partial charge in [-0.2, -0.15) is 0 Å². The summed E-state index contributed by atoms with van der Waals surface area (Å²) < 4.78 is 5.37. The zero-order valence-electron chi connectivity index (χ0n) is 7.94. The van der Waals surface area contributed by atoms with Crippen LogP contribution in [0.1, 0.15) is 19.8 Å². The number of benzene rings is 1. The molecule has 13 heavy (non-hydrogen) atoms. The van der Waals surface area contributed by atoms with Crippen molar-refractivity contribution in [1.82, 2.24) is 0 Å². The summed E-state index contributed by atoms with van der Waals surface area (Å²) in [6.45, 7) is 2.43. The number of aliphatic hydroxyl groups is 1. The van der Waals surface area contributed by atoms with Crippen LogP contribution < -0.4 is 4.74 Å². The van der Waals surface area contributed by atoms with E-state index in [-0.39, 0.29) is 6.10 Å². The summed E-state index contributed by atoms with van der Waals surface area (Å²) >= 11 is 0. The SMILES string of the molecule is CCC[C@H](O)COc1ccccc1. The maximum Gasteiger partial charge on any atom is 0.119 e. The smallest absolute Gasteiger partial charge is 0.119 e. The summed E-state index contributed by atoms with van der Waals surface area (Å²) in [5.41, 5.74) is 0. The van der Waals surface area contributed by atoms with E-state index < -0.39 is 0 Å². The van der Waals surface area contributed by atoms with Gasteiger partial charge in [0.1, 0.15) is 12.4 Å². The molecule has 72 valence electrons. The van der Waals surface area contributed by atoms with Crippen molar-refractivity contribution in [2.45, 2.75) is 25.9 Å². The van der Waals surface area contributed by atoms with E-state index in [1.807, 2.05) is 37.3 Å². The van der Waals surface area contributed by atoms with Crippen LogP contribution in [0.15, 0.2) is 30.3 Å². The molecule has 1 aromatic rings. The third kappa shape index (κ3) is 3.95. The van der Waals surface area contributed by atoms with Gasteiger partial charge in [-0.15, -0.1) is 0 Å². The number of hydrogen-bond donors (Lipinski definition) is 1. The molecular formula is C11H16O2. The van der Waals surface area contributed by atoms with Gasteiger partial charge in [0.2, 0.25) is 0 Å². The lowest BCUT2D eigenvalue weighted by Crippen LogP contribution is -2.16. The summed E-state index contributed by atoms with van der Waals surface area (Å²) in [4.78, 5) is 0. The highest BCUT2D eigenvalue weighted by Crippen LogP contribution is 2.09. The normalized spacial score (nSPS) is 12.5. The van der Waals surface area contributed by atoms with Gasteiger partial charge in [-0.1, -0.05) is 31.5 Å². The molecule has 0 fully saturated rings. The van der Waals surface area contributed by atoms with Gasteiger partial charge in [0.25, 0.3) is 0 Å². The monoisotopic (exact) mass is 180 g/mol. The molecule has 0 unspecified atom stereocenters. The molecule has 1 N–H and O–H groups in total. The molecule has 0 aliphatic carbocycles. The van der Waals surface area contributed by atoms with Crippen molar-refractivity contribution in [3.63, 3.8) is 0 Å². The Labute approximate surface area is 79.2 Å². The van der Waals surface area contributed by atoms with Crippen LogP contribution in [0, 0.1) is 0 Å². The first kappa shape index (κ1) is 10.1. The summed E-state index contributed by atoms with van der Waals surface area (Å²) in [6.07, 6.45) is 1.44. The van der Waals surface area contributed by atoms with Gasteiger partial charge in [-0.3, -0.25) is 0 Å². The first-order valence-corrected chi connectivity index (χ1v) is 4.69. The standard InChI is InChI=1S/C11H16O2/c1-2-6-10(12)9-13-11-7-4-3-5-8-11/h3-5,7-8,10,12H,2,6,9H2,1H3/t10-/m0/s1. The molecule has 2 heteroatoms. The van der Waals surface area contributed by atoms with E-state index in [9.17, 15) is 5.11 Å². The van der Waals surface area contributed by atoms with Crippen molar-refractivity contribution in [1.29, 1.82) is 0 Å². The van der Waals surface area contributed by atoms with E-state index in [1.165, 1.54) is 0 Å². The molecule has 0 amide bonds. The van der Waals surface area contributed by atoms with Crippen LogP contribution in [0.25, 0.3) is 0 Å². The van der Waals surface area contributed by atoms with Gasteiger partial charge in [0.05, 0.1) is 6.10 Å². The molecule has 1 aromatic carbocycles. The predicted octanol–water partition coefficient (Wildman–Crippen LogP) is 2.23. The van der Waals surface area contributed by atoms with Gasteiger partial charge < -0.3 is 9.84 Å². The third-order valence-electron chi connectivity index (χ3n) is 1.81. The molecule has 1 rings (SSSR count). The van der Waals surface area contributed by atoms with Gasteiger partial charge in [-0.25, -0.2) is 0 Å². The zero-order chi connectivity index (χ0) is 9.52. The Morgan fingerprint density at radius 3 is 2.62 bits per heavy atom. The largest absolute Gasteiger partial charge is 0.491 e. The van der Waals surface area contributed by atoms with Crippen molar-refractivity contribution in [2.24, 2.45) is 0 Å². The van der Waals surface area contributed by atoms with E-state index in [0.29, 0.717) is 6.61 Å². The predicted molar refractivity (Wildman–Crippen MR) is 52.9 cm³/mol. The lowest BCUT2D eigenvalue weighted by molar-refractivity contribution is 0.0993. The average Bonchev–Trinajstić information content (AvgIpc) is 2.17. The number of rotatable bonds is 5. The van der Waals surface area contributed by atoms with Crippen LogP contribution in [0.2, 0.25) is 0 Å². The van der Waals surface area contributed by atoms with Crippen molar-refractivity contribution in [3.8, 4) is 5.75 Å². The second kappa shape index (κ2) is 5.60. The van der Waals surface area contributed by atoms with Crippen molar-refractivity contribution in [3.05, 3.63) is 30.3 Å². The molecule has 0 aromatic heterocycles. The zero-order valence-corrected chi connectivity index (χ0v) is 7.94. The Morgan fingerprint density at radius 2 is 2.00 bits per heavy atom. The molecule has 0 aliphatic rings. The van der Waals surface area contributed by atoms with Crippen LogP contribution in [-0.2, 0) is 0 Å². The van der Waals surface area contributed by atoms with Crippen molar-refractivity contribution in [2.75, 3.05) is 6.61 Å². The molecule has 0 aliphatic heterocycles. The molecule has 0 saturated carbocycles. The second-order valence-corrected chi connectivity index (χ2v) is 3.07. The summed E-state index contributed by atoms with van der Waals surface area (Å²) in [6, 6.07) is 9.55. The van der Waals surface area contributed by atoms with Gasteiger partial charge in [-0.05, 0) is 18.6 Å². The summed E-state index contributed by atoms with van der Waals surface area (Å²) in [7, 11) is 0. The van der Waals surface area contributed by atoms with Crippen molar-refractivity contribution < 1.29 is 9.84 Å². The van der Waals surface area contributed by atoms with E-state index in [1.54, 1.807) is 0 Å². The Kier molecular flexibility index (Phi) is 4.33. The third-order valence-corrected chi connectivity index (χ3v) is 1.81. The first-order valence-electron chi connectivity index (χ1n) is 4.69. The molecule has 0 radical (unpaired) electrons. The lowest BCUT2D eigenvalue weighted by atomic mass is 10.2. The maximum absolute atomic E-state index is 9.39. The highest BCUT2D eigenvalue weighted by atomic mass is 16.5. The number of hydrogen-bond acceptors (Lipinski definition) is 2. The van der Waals surface area contributed by atoms with E-state index >= 15 is 0 Å². The number of ether oxygens (including phenoxy) is 1. The summed E-state index contributed by atoms with van der Waals surface area (Å²) in [5.74, 6) is 0.817. The van der Waals surface area contributed by atoms with Crippen molar-refractivity contribution >= 4 is 0 Å². The number of para-hydroxylation sites is 1. The molecular weight excluding hydrogens is 164 g/mol. The number of aliphatic hydroxyl groups excluding tert-OH is 1. The van der Waals surface area contributed by atoms with E-state index in [2.05, 4.69) is 0 Å². The summed E-state index contributed by atoms with van der Waals surface area (Å²) in [5, 5.41) is 9.39. The molecule has 0 spiro atoms. The van der Waals surface area contributed by atoms with Gasteiger partial charge in [0, 0.05) is 0 Å². The fourth-order valence-corrected chi connectivity index (χ4v) is 1.13. The van der Waals surface area contributed by atoms with Crippen LogP contribution in [0.3, 0.4) is 0 Å². The second-order valence-electron chi connectivity index (χ2n) is 3.07. The molecule has 1 atom stereocenters. The average molecular weight is 180 g/mol. The Balaban J connectivity index is 2.27. The topological polar surface area (TPSA) is 29.5 Å². The van der Waals surface area contributed by atoms with Crippen LogP contribution in [-0.4, -0.2) is 17.8 Å². The minimum absolute atomic E-state index is 0.342. The minimum Gasteiger partial charge on any atom is -0.491 e. The minimum atomic E-state index is -0.342. The Bertz CT molecular complexity index is 221. The van der Waals surface area contributed by atoms with Gasteiger partial charge in [0.15, 0.2) is 0 Å². The fraction of sp³-hybridized carbons (Fsp3) is 0.455. The quantitative estimate of drug-likeness (QED) is 0.753. The van der Waals surface area contributed by atoms with Crippen LogP contribution in [0.4, 0.5) is 0 Å². The fourth-order valence-electron chi connectivity index (χ4n) is 1.13. The Morgan fingerprint density at radius 1 is 1.31 bits per heavy atom. The molecule has 0 heterocycles. The lowest BCUT2D eigenvalue weighted by Gasteiger charge is -2.10. The van der Waals surface area contributed by atoms with Crippen LogP contribution >= 0.6 is 0 Å². The van der Waals surface area contributed by atoms with E-state index in [4.69, 9.17) is 4.74 Å². The highest BCUT2D eigenvalue weighted by Gasteiger charge is 2.02. The molecule has 0 saturated heterocycles. The van der Waals surface area contributed by atoms with Crippen LogP contribution in [0.5, 0.6) is 5.75 Å². The maximum atomic E-state index is 9.39. The van der Waals surface area contributed by atoms with E-state index in [0.717, 1.165) is 18.6 Å². The first-order chi connectivity index (χ1) is 6.33.